The van der Waals surface area contributed by atoms with E-state index in [2.05, 4.69) is 10.2 Å². The van der Waals surface area contributed by atoms with Gasteiger partial charge in [0, 0.05) is 6.92 Å². The molecule has 0 N–H and O–H groups in total. The maximum atomic E-state index is 11.9. The molecule has 0 aliphatic carbocycles. The zero-order valence-electron chi connectivity index (χ0n) is 10.4. The van der Waals surface area contributed by atoms with Crippen LogP contribution in [0.2, 0.25) is 10.0 Å². The summed E-state index contributed by atoms with van der Waals surface area (Å²) in [5.74, 6) is -0.123. The van der Waals surface area contributed by atoms with Gasteiger partial charge in [0.2, 0.25) is 5.91 Å². The lowest BCUT2D eigenvalue weighted by Crippen LogP contribution is -2.28. The maximum Gasteiger partial charge on any atom is 0.224 e. The number of hydrogen-bond acceptors (Lipinski definition) is 4. The Balaban J connectivity index is 2.45. The predicted octanol–water partition coefficient (Wildman–Crippen LogP) is 3.71. The van der Waals surface area contributed by atoms with E-state index in [-0.39, 0.29) is 5.91 Å². The van der Waals surface area contributed by atoms with Crippen molar-refractivity contribution < 1.29 is 4.79 Å². The SMILES string of the molecule is CC(=O)N(Cc1nncs1)c1c(C)ccc(Cl)c1Cl. The normalized spacial score (nSPS) is 10.5. The first-order valence-electron chi connectivity index (χ1n) is 5.48. The van der Waals surface area contributed by atoms with Gasteiger partial charge < -0.3 is 4.90 Å². The summed E-state index contributed by atoms with van der Waals surface area (Å²) in [6, 6.07) is 3.55. The molecular weight excluding hydrogens is 305 g/mol. The molecule has 0 spiro atoms. The van der Waals surface area contributed by atoms with Crippen molar-refractivity contribution in [3.63, 3.8) is 0 Å². The number of anilines is 1. The molecule has 0 unspecified atom stereocenters. The fourth-order valence-corrected chi connectivity index (χ4v) is 2.70. The van der Waals surface area contributed by atoms with Gasteiger partial charge in [0.25, 0.3) is 0 Å². The number of benzene rings is 1. The van der Waals surface area contributed by atoms with Crippen molar-refractivity contribution in [1.82, 2.24) is 10.2 Å². The van der Waals surface area contributed by atoms with Crippen LogP contribution in [-0.4, -0.2) is 16.1 Å². The lowest BCUT2D eigenvalue weighted by molar-refractivity contribution is -0.116. The van der Waals surface area contributed by atoms with E-state index < -0.39 is 0 Å². The van der Waals surface area contributed by atoms with Gasteiger partial charge in [-0.15, -0.1) is 21.5 Å². The van der Waals surface area contributed by atoms with E-state index in [4.69, 9.17) is 23.2 Å². The van der Waals surface area contributed by atoms with Crippen molar-refractivity contribution in [3.05, 3.63) is 38.3 Å². The molecule has 1 amide bonds. The van der Waals surface area contributed by atoms with Crippen molar-refractivity contribution in [1.29, 1.82) is 0 Å². The number of hydrogen-bond donors (Lipinski definition) is 0. The number of aryl methyl sites for hydroxylation is 1. The topological polar surface area (TPSA) is 46.1 Å². The van der Waals surface area contributed by atoms with E-state index in [1.165, 1.54) is 18.3 Å². The number of halogens is 2. The summed E-state index contributed by atoms with van der Waals surface area (Å²) in [7, 11) is 0. The van der Waals surface area contributed by atoms with Crippen LogP contribution in [0, 0.1) is 6.92 Å². The van der Waals surface area contributed by atoms with Crippen LogP contribution in [0.4, 0.5) is 5.69 Å². The molecule has 1 heterocycles. The van der Waals surface area contributed by atoms with E-state index >= 15 is 0 Å². The highest BCUT2D eigenvalue weighted by atomic mass is 35.5. The number of rotatable bonds is 3. The monoisotopic (exact) mass is 315 g/mol. The van der Waals surface area contributed by atoms with E-state index in [9.17, 15) is 4.79 Å². The summed E-state index contributed by atoms with van der Waals surface area (Å²) in [5, 5.41) is 9.25. The van der Waals surface area contributed by atoms with Crippen LogP contribution in [0.25, 0.3) is 0 Å². The van der Waals surface area contributed by atoms with Crippen molar-refractivity contribution in [2.45, 2.75) is 20.4 Å². The molecule has 2 rings (SSSR count). The molecule has 1 aromatic carbocycles. The van der Waals surface area contributed by atoms with Gasteiger partial charge in [-0.25, -0.2) is 0 Å². The molecule has 0 fully saturated rings. The Hall–Kier alpha value is -1.17. The van der Waals surface area contributed by atoms with Crippen LogP contribution in [0.3, 0.4) is 0 Å². The molecule has 2 aromatic rings. The van der Waals surface area contributed by atoms with Crippen molar-refractivity contribution in [2.24, 2.45) is 0 Å². The second-order valence-corrected chi connectivity index (χ2v) is 5.67. The van der Waals surface area contributed by atoms with Crippen LogP contribution in [-0.2, 0) is 11.3 Å². The number of nitrogens with zero attached hydrogens (tertiary/aromatic N) is 3. The van der Waals surface area contributed by atoms with Gasteiger partial charge in [-0.3, -0.25) is 4.79 Å². The molecule has 0 saturated heterocycles. The first-order chi connectivity index (χ1) is 9.00. The molecule has 0 bridgehead atoms. The molecular formula is C12H11Cl2N3OS. The molecule has 7 heteroatoms. The van der Waals surface area contributed by atoms with Crippen LogP contribution in [0.5, 0.6) is 0 Å². The number of carbonyl (C=O) groups excluding carboxylic acids is 1. The van der Waals surface area contributed by atoms with Crippen molar-refractivity contribution in [2.75, 3.05) is 4.90 Å². The average molecular weight is 316 g/mol. The van der Waals surface area contributed by atoms with Crippen LogP contribution in [0.15, 0.2) is 17.6 Å². The molecule has 100 valence electrons. The third kappa shape index (κ3) is 3.05. The largest absolute Gasteiger partial charge is 0.304 e. The van der Waals surface area contributed by atoms with Gasteiger partial charge in [0.1, 0.15) is 10.5 Å². The lowest BCUT2D eigenvalue weighted by atomic mass is 10.1. The van der Waals surface area contributed by atoms with Crippen molar-refractivity contribution in [3.8, 4) is 0 Å². The highest BCUT2D eigenvalue weighted by Crippen LogP contribution is 2.36. The minimum Gasteiger partial charge on any atom is -0.304 e. The Morgan fingerprint density at radius 3 is 2.74 bits per heavy atom. The molecule has 1 aromatic heterocycles. The molecule has 4 nitrogen and oxygen atoms in total. The van der Waals surface area contributed by atoms with E-state index in [0.29, 0.717) is 22.3 Å². The Kier molecular flexibility index (Phi) is 4.39. The lowest BCUT2D eigenvalue weighted by Gasteiger charge is -2.23. The molecule has 0 atom stereocenters. The number of aromatic nitrogens is 2. The van der Waals surface area contributed by atoms with Gasteiger partial charge >= 0.3 is 0 Å². The highest BCUT2D eigenvalue weighted by Gasteiger charge is 2.20. The molecule has 0 aliphatic rings. The Bertz CT molecular complexity index is 601. The second kappa shape index (κ2) is 5.86. The van der Waals surface area contributed by atoms with E-state index in [1.54, 1.807) is 16.5 Å². The average Bonchev–Trinajstić information content (AvgIpc) is 2.86. The fraction of sp³-hybridized carbons (Fsp3) is 0.250. The standard InChI is InChI=1S/C12H11Cl2N3OS/c1-7-3-4-9(13)11(14)12(7)17(8(2)18)5-10-16-15-6-19-10/h3-4,6H,5H2,1-2H3. The highest BCUT2D eigenvalue weighted by molar-refractivity contribution is 7.09. The van der Waals surface area contributed by atoms with Gasteiger partial charge in [-0.2, -0.15) is 0 Å². The molecule has 0 radical (unpaired) electrons. The first kappa shape index (κ1) is 14.2. The minimum absolute atomic E-state index is 0.123. The zero-order chi connectivity index (χ0) is 14.0. The Morgan fingerprint density at radius 2 is 2.16 bits per heavy atom. The quantitative estimate of drug-likeness (QED) is 0.867. The maximum absolute atomic E-state index is 11.9. The smallest absolute Gasteiger partial charge is 0.224 e. The summed E-state index contributed by atoms with van der Waals surface area (Å²) in [6.07, 6.45) is 0. The molecule has 0 saturated carbocycles. The zero-order valence-corrected chi connectivity index (χ0v) is 12.7. The number of carbonyl (C=O) groups is 1. The van der Waals surface area contributed by atoms with E-state index in [0.717, 1.165) is 10.6 Å². The summed E-state index contributed by atoms with van der Waals surface area (Å²) in [4.78, 5) is 13.4. The fourth-order valence-electron chi connectivity index (χ4n) is 1.72. The van der Waals surface area contributed by atoms with Crippen LogP contribution in [0.1, 0.15) is 17.5 Å². The van der Waals surface area contributed by atoms with Crippen LogP contribution >= 0.6 is 34.5 Å². The summed E-state index contributed by atoms with van der Waals surface area (Å²) >= 11 is 13.6. The summed E-state index contributed by atoms with van der Waals surface area (Å²) in [5.41, 5.74) is 3.13. The molecule has 0 aliphatic heterocycles. The number of amides is 1. The molecule has 19 heavy (non-hydrogen) atoms. The predicted molar refractivity (Wildman–Crippen MR) is 78.0 cm³/mol. The van der Waals surface area contributed by atoms with Gasteiger partial charge in [0.05, 0.1) is 22.3 Å². The van der Waals surface area contributed by atoms with Gasteiger partial charge in [-0.1, -0.05) is 29.3 Å². The first-order valence-corrected chi connectivity index (χ1v) is 7.12. The second-order valence-electron chi connectivity index (χ2n) is 3.96. The van der Waals surface area contributed by atoms with Crippen LogP contribution < -0.4 is 4.90 Å². The van der Waals surface area contributed by atoms with Gasteiger partial charge in [0.15, 0.2) is 0 Å². The third-order valence-electron chi connectivity index (χ3n) is 2.62. The van der Waals surface area contributed by atoms with Gasteiger partial charge in [-0.05, 0) is 18.6 Å². The third-order valence-corrected chi connectivity index (χ3v) is 4.10. The van der Waals surface area contributed by atoms with E-state index in [1.807, 2.05) is 13.0 Å². The van der Waals surface area contributed by atoms with Crippen molar-refractivity contribution >= 4 is 46.1 Å². The minimum atomic E-state index is -0.123. The Labute approximate surface area is 125 Å². The summed E-state index contributed by atoms with van der Waals surface area (Å²) in [6.45, 7) is 3.70. The summed E-state index contributed by atoms with van der Waals surface area (Å²) < 4.78 is 0. The Morgan fingerprint density at radius 1 is 1.42 bits per heavy atom.